The zero-order valence-electron chi connectivity index (χ0n) is 31.0. The van der Waals surface area contributed by atoms with Crippen LogP contribution < -0.4 is 44.8 Å². The molecule has 15 nitrogen and oxygen atoms in total. The van der Waals surface area contributed by atoms with Gasteiger partial charge in [-0.2, -0.15) is 30.6 Å². The highest BCUT2D eigenvalue weighted by Crippen LogP contribution is 2.37. The van der Waals surface area contributed by atoms with E-state index in [9.17, 15) is 0 Å². The average molecular weight is 957 g/mol. The lowest BCUT2D eigenvalue weighted by atomic mass is 9.94. The van der Waals surface area contributed by atoms with Crippen molar-refractivity contribution in [3.05, 3.63) is 60.0 Å². The second kappa shape index (κ2) is 22.1. The number of nitrogens with two attached hydrogens (primary N) is 6. The first-order valence-electron chi connectivity index (χ1n) is 18.1. The predicted molar refractivity (Wildman–Crippen MR) is 234 cm³/mol. The van der Waals surface area contributed by atoms with E-state index in [-0.39, 0.29) is 0 Å². The summed E-state index contributed by atoms with van der Waals surface area (Å²) in [5, 5.41) is 12.8. The van der Waals surface area contributed by atoms with Crippen LogP contribution in [0, 0.1) is 0 Å². The summed E-state index contributed by atoms with van der Waals surface area (Å²) in [5.74, 6) is 7.55. The molecule has 2 fully saturated rings. The standard InChI is InChI=1S/C17H21BrN6S.C10H11Br2N5.C6H14N2.C2H8N2/c18-14-15(11-2-1-5-23(9-11)6-4-19)22-17-13(12-3-7-25-10-12)8-21-24(17)16(14)20;11-6-5-14-17-8(13)7(12)10(15-9(6)17)16-3-1-2-4-16;1-3-6(4-2)5-8-7;3-1-2-4/h3,7-8,10-11H,1-2,4-6,9,19-20H2;5H,1-4,13H2;3,8H,4-5,7H2,1-2H3;1-4H2/b;;6-3-;. The number of hydrazine groups is 1. The topological polar surface area (TPSA) is 235 Å². The first kappa shape index (κ1) is 44.0. The highest BCUT2D eigenvalue weighted by Gasteiger charge is 2.27. The molecule has 0 spiro atoms. The van der Waals surface area contributed by atoms with Crippen LogP contribution in [0.2, 0.25) is 0 Å². The normalized spacial score (nSPS) is 16.1. The van der Waals surface area contributed by atoms with Gasteiger partial charge in [0.25, 0.3) is 0 Å². The molecule has 5 aromatic rings. The number of halogens is 3. The van der Waals surface area contributed by atoms with Crippen molar-refractivity contribution in [1.29, 1.82) is 0 Å². The van der Waals surface area contributed by atoms with E-state index in [0.29, 0.717) is 37.2 Å². The second-order valence-electron chi connectivity index (χ2n) is 12.7. The van der Waals surface area contributed by atoms with Crippen LogP contribution in [0.3, 0.4) is 0 Å². The Hall–Kier alpha value is -2.72. The van der Waals surface area contributed by atoms with Crippen LogP contribution >= 0.6 is 59.1 Å². The predicted octanol–water partition coefficient (Wildman–Crippen LogP) is 5.09. The van der Waals surface area contributed by atoms with Gasteiger partial charge in [-0.15, -0.1) is 0 Å². The summed E-state index contributed by atoms with van der Waals surface area (Å²) in [7, 11) is 0. The lowest BCUT2D eigenvalue weighted by Gasteiger charge is -2.32. The third kappa shape index (κ3) is 11.0. The van der Waals surface area contributed by atoms with Crippen LogP contribution in [0.15, 0.2) is 54.3 Å². The molecule has 0 saturated carbocycles. The lowest BCUT2D eigenvalue weighted by Crippen LogP contribution is -2.38. The molecule has 0 bridgehead atoms. The number of rotatable bonds is 9. The molecule has 296 valence electrons. The van der Waals surface area contributed by atoms with Gasteiger partial charge in [-0.25, -0.2) is 9.97 Å². The summed E-state index contributed by atoms with van der Waals surface area (Å²) in [5.41, 5.74) is 36.7. The number of thiophene rings is 1. The number of likely N-dealkylation sites (tertiary alicyclic amines) is 1. The van der Waals surface area contributed by atoms with Gasteiger partial charge >= 0.3 is 0 Å². The molecule has 2 saturated heterocycles. The van der Waals surface area contributed by atoms with E-state index in [0.717, 1.165) is 106 Å². The Bertz CT molecular complexity index is 1920. The van der Waals surface area contributed by atoms with Crippen molar-refractivity contribution in [3.63, 3.8) is 0 Å². The number of hydrogen-bond donors (Lipinski definition) is 7. The van der Waals surface area contributed by atoms with E-state index in [2.05, 4.69) is 108 Å². The maximum absolute atomic E-state index is 6.37. The van der Waals surface area contributed by atoms with Crippen LogP contribution in [0.4, 0.5) is 17.5 Å². The van der Waals surface area contributed by atoms with Crippen molar-refractivity contribution in [2.75, 3.05) is 75.3 Å². The van der Waals surface area contributed by atoms with Gasteiger partial charge in [-0.3, -0.25) is 11.3 Å². The number of nitrogen functional groups attached to an aromatic ring is 2. The molecule has 19 heteroatoms. The summed E-state index contributed by atoms with van der Waals surface area (Å²) in [6.45, 7) is 11.9. The first-order chi connectivity index (χ1) is 26.1. The quantitative estimate of drug-likeness (QED) is 0.0581. The largest absolute Gasteiger partial charge is 0.383 e. The van der Waals surface area contributed by atoms with Gasteiger partial charge in [-0.1, -0.05) is 18.6 Å². The fourth-order valence-electron chi connectivity index (χ4n) is 6.23. The van der Waals surface area contributed by atoms with Crippen molar-refractivity contribution in [2.24, 2.45) is 23.0 Å². The number of nitrogens with one attached hydrogen (secondary N) is 1. The van der Waals surface area contributed by atoms with E-state index in [1.807, 2.05) is 13.1 Å². The van der Waals surface area contributed by atoms with E-state index in [4.69, 9.17) is 39.5 Å². The highest BCUT2D eigenvalue weighted by molar-refractivity contribution is 9.11. The van der Waals surface area contributed by atoms with E-state index >= 15 is 0 Å². The van der Waals surface area contributed by atoms with Crippen molar-refractivity contribution >= 4 is 87.9 Å². The van der Waals surface area contributed by atoms with Gasteiger partial charge in [0.05, 0.1) is 27.0 Å². The van der Waals surface area contributed by atoms with Crippen LogP contribution in [-0.2, 0) is 0 Å². The Labute approximate surface area is 346 Å². The second-order valence-corrected chi connectivity index (χ2v) is 16.0. The molecule has 0 aliphatic carbocycles. The van der Waals surface area contributed by atoms with Gasteiger partial charge in [0.1, 0.15) is 21.9 Å². The van der Waals surface area contributed by atoms with Gasteiger partial charge < -0.3 is 38.5 Å². The molecule has 1 atom stereocenters. The summed E-state index contributed by atoms with van der Waals surface area (Å²) < 4.78 is 5.90. The van der Waals surface area contributed by atoms with Crippen molar-refractivity contribution in [3.8, 4) is 11.1 Å². The molecule has 13 N–H and O–H groups in total. The number of fused-ring (bicyclic) bond motifs is 2. The summed E-state index contributed by atoms with van der Waals surface area (Å²) in [6, 6.07) is 2.09. The van der Waals surface area contributed by atoms with Crippen molar-refractivity contribution in [1.82, 2.24) is 39.5 Å². The molecule has 2 aliphatic rings. The summed E-state index contributed by atoms with van der Waals surface area (Å²) >= 11 is 12.3. The van der Waals surface area contributed by atoms with Gasteiger partial charge in [0.15, 0.2) is 11.3 Å². The van der Waals surface area contributed by atoms with Crippen molar-refractivity contribution < 1.29 is 0 Å². The molecule has 7 rings (SSSR count). The number of anilines is 3. The van der Waals surface area contributed by atoms with Gasteiger partial charge in [0.2, 0.25) is 0 Å². The fraction of sp³-hybridized carbons (Fsp3) is 0.486. The van der Waals surface area contributed by atoms with Crippen molar-refractivity contribution in [2.45, 2.75) is 51.9 Å². The zero-order chi connectivity index (χ0) is 39.2. The molecule has 0 aromatic carbocycles. The zero-order valence-corrected chi connectivity index (χ0v) is 36.6. The number of nitrogens with zero attached hydrogens (tertiary/aromatic N) is 8. The number of aromatic nitrogens is 6. The minimum absolute atomic E-state index is 0.354. The smallest absolute Gasteiger partial charge is 0.173 e. The Morgan fingerprint density at radius 3 is 2.20 bits per heavy atom. The third-order valence-electron chi connectivity index (χ3n) is 9.14. The fourth-order valence-corrected chi connectivity index (χ4v) is 8.32. The Balaban J connectivity index is 0.000000193. The van der Waals surface area contributed by atoms with Gasteiger partial charge in [0, 0.05) is 63.8 Å². The molecule has 0 amide bonds. The average Bonchev–Trinajstić information content (AvgIpc) is 4.03. The highest BCUT2D eigenvalue weighted by atomic mass is 79.9. The third-order valence-corrected chi connectivity index (χ3v) is 12.0. The monoisotopic (exact) mass is 953 g/mol. The minimum Gasteiger partial charge on any atom is -0.383 e. The van der Waals surface area contributed by atoms with Crippen LogP contribution in [0.5, 0.6) is 0 Å². The molecule has 2 aliphatic heterocycles. The molecule has 7 heterocycles. The number of piperidine rings is 1. The lowest BCUT2D eigenvalue weighted by molar-refractivity contribution is 0.211. The van der Waals surface area contributed by atoms with E-state index in [1.54, 1.807) is 26.6 Å². The molecule has 5 aromatic heterocycles. The molecular formula is C35H54Br3N15S. The summed E-state index contributed by atoms with van der Waals surface area (Å²) in [6.07, 6.45) is 11.4. The van der Waals surface area contributed by atoms with Crippen LogP contribution in [0.25, 0.3) is 22.4 Å². The SMILES string of the molecule is C/C=C(/CC)CNN.NCCN.NCCN1CCCC(c2nc3c(-c4ccsc4)cnn3c(N)c2Br)C1.Nc1c(Br)c(N2CCCC2)nc2c(Br)cnn12. The Kier molecular flexibility index (Phi) is 18.0. The van der Waals surface area contributed by atoms with Gasteiger partial charge in [-0.05, 0) is 116 Å². The first-order valence-corrected chi connectivity index (χ1v) is 21.4. The maximum Gasteiger partial charge on any atom is 0.173 e. The molecule has 0 radical (unpaired) electrons. The number of hydrogen-bond acceptors (Lipinski definition) is 14. The number of allylic oxidation sites excluding steroid dienone is 1. The maximum atomic E-state index is 6.37. The molecule has 1 unspecified atom stereocenters. The van der Waals surface area contributed by atoms with Crippen LogP contribution in [0.1, 0.15) is 57.6 Å². The Morgan fingerprint density at radius 2 is 1.61 bits per heavy atom. The van der Waals surface area contributed by atoms with E-state index < -0.39 is 0 Å². The van der Waals surface area contributed by atoms with Crippen LogP contribution in [-0.4, -0.2) is 93.0 Å². The molecule has 54 heavy (non-hydrogen) atoms. The van der Waals surface area contributed by atoms with E-state index in [1.165, 1.54) is 18.4 Å². The Morgan fingerprint density at radius 1 is 0.926 bits per heavy atom. The summed E-state index contributed by atoms with van der Waals surface area (Å²) in [4.78, 5) is 14.3. The molecular weight excluding hydrogens is 902 g/mol. The minimum atomic E-state index is 0.354.